The Morgan fingerprint density at radius 2 is 1.81 bits per heavy atom. The molecule has 0 radical (unpaired) electrons. The molecule has 0 amide bonds. The molecule has 4 aromatic rings. The average Bonchev–Trinajstić information content (AvgIpc) is 2.98. The summed E-state index contributed by atoms with van der Waals surface area (Å²) >= 11 is 0. The van der Waals surface area contributed by atoms with E-state index in [9.17, 15) is 13.7 Å². The molecule has 26 heavy (non-hydrogen) atoms. The van der Waals surface area contributed by atoms with E-state index in [-0.39, 0.29) is 16.3 Å². The lowest BCUT2D eigenvalue weighted by Gasteiger charge is -2.10. The molecule has 0 aliphatic heterocycles. The first-order chi connectivity index (χ1) is 12.5. The highest BCUT2D eigenvalue weighted by atomic mass is 32.2. The molecule has 8 heteroatoms. The van der Waals surface area contributed by atoms with Crippen molar-refractivity contribution in [2.45, 2.75) is 11.8 Å². The monoisotopic (exact) mass is 363 g/mol. The van der Waals surface area contributed by atoms with Crippen LogP contribution in [-0.2, 0) is 10.0 Å². The topological polar surface area (TPSA) is 100 Å². The van der Waals surface area contributed by atoms with Crippen molar-refractivity contribution in [1.29, 1.82) is 5.26 Å². The Balaban J connectivity index is 1.88. The van der Waals surface area contributed by atoms with Gasteiger partial charge in [0.15, 0.2) is 5.82 Å². The minimum atomic E-state index is -3.88. The number of sulfonamides is 1. The van der Waals surface area contributed by atoms with Gasteiger partial charge in [-0.25, -0.2) is 13.4 Å². The Morgan fingerprint density at radius 1 is 1.08 bits per heavy atom. The van der Waals surface area contributed by atoms with Crippen LogP contribution in [0.5, 0.6) is 0 Å². The van der Waals surface area contributed by atoms with Gasteiger partial charge in [-0.1, -0.05) is 30.3 Å². The molecular formula is C18H13N5O2S. The number of fused-ring (bicyclic) bond motifs is 3. The predicted molar refractivity (Wildman–Crippen MR) is 97.2 cm³/mol. The van der Waals surface area contributed by atoms with Crippen molar-refractivity contribution in [1.82, 2.24) is 14.4 Å². The SMILES string of the molecule is Cc1ccccc1S(=O)(=O)Nc1nc2nc3ccccc3n2cc1C#N. The Bertz CT molecular complexity index is 1300. The number of para-hydroxylation sites is 2. The summed E-state index contributed by atoms with van der Waals surface area (Å²) in [6.45, 7) is 1.71. The van der Waals surface area contributed by atoms with Crippen LogP contribution in [0, 0.1) is 18.3 Å². The maximum atomic E-state index is 12.7. The van der Waals surface area contributed by atoms with Crippen LogP contribution in [0.4, 0.5) is 5.82 Å². The van der Waals surface area contributed by atoms with Gasteiger partial charge in [0.1, 0.15) is 11.6 Å². The fraction of sp³-hybridized carbons (Fsp3) is 0.0556. The van der Waals surface area contributed by atoms with Crippen molar-refractivity contribution in [2.75, 3.05) is 4.72 Å². The van der Waals surface area contributed by atoms with Crippen molar-refractivity contribution in [3.8, 4) is 6.07 Å². The van der Waals surface area contributed by atoms with Crippen molar-refractivity contribution < 1.29 is 8.42 Å². The van der Waals surface area contributed by atoms with Crippen LogP contribution >= 0.6 is 0 Å². The lowest BCUT2D eigenvalue weighted by Crippen LogP contribution is -2.16. The van der Waals surface area contributed by atoms with Crippen molar-refractivity contribution in [3.05, 3.63) is 65.9 Å². The Labute approximate surface area is 149 Å². The van der Waals surface area contributed by atoms with E-state index >= 15 is 0 Å². The first-order valence-electron chi connectivity index (χ1n) is 7.76. The number of aromatic nitrogens is 3. The highest BCUT2D eigenvalue weighted by Crippen LogP contribution is 2.23. The summed E-state index contributed by atoms with van der Waals surface area (Å²) in [6, 6.07) is 16.0. The average molecular weight is 363 g/mol. The number of hydrogen-bond acceptors (Lipinski definition) is 5. The Morgan fingerprint density at radius 3 is 2.58 bits per heavy atom. The zero-order valence-electron chi connectivity index (χ0n) is 13.7. The number of benzene rings is 2. The third-order valence-corrected chi connectivity index (χ3v) is 5.54. The number of rotatable bonds is 3. The summed E-state index contributed by atoms with van der Waals surface area (Å²) in [5.41, 5.74) is 2.21. The second-order valence-electron chi connectivity index (χ2n) is 5.76. The van der Waals surface area contributed by atoms with E-state index in [1.807, 2.05) is 30.3 Å². The molecule has 0 unspecified atom stereocenters. The molecule has 0 atom stereocenters. The van der Waals surface area contributed by atoms with Crippen molar-refractivity contribution >= 4 is 32.7 Å². The summed E-state index contributed by atoms with van der Waals surface area (Å²) in [5, 5.41) is 9.45. The van der Waals surface area contributed by atoms with Gasteiger partial charge >= 0.3 is 0 Å². The van der Waals surface area contributed by atoms with Crippen LogP contribution in [0.3, 0.4) is 0 Å². The molecule has 0 aliphatic carbocycles. The van der Waals surface area contributed by atoms with Gasteiger partial charge in [0, 0.05) is 6.20 Å². The molecule has 128 valence electrons. The molecule has 0 spiro atoms. The zero-order valence-corrected chi connectivity index (χ0v) is 14.5. The molecule has 1 N–H and O–H groups in total. The van der Waals surface area contributed by atoms with Gasteiger partial charge in [-0.2, -0.15) is 10.2 Å². The van der Waals surface area contributed by atoms with Crippen LogP contribution in [0.2, 0.25) is 0 Å². The number of nitriles is 1. The summed E-state index contributed by atoms with van der Waals surface area (Å²) in [7, 11) is -3.88. The van der Waals surface area contributed by atoms with E-state index in [1.54, 1.807) is 29.5 Å². The van der Waals surface area contributed by atoms with Gasteiger partial charge in [-0.15, -0.1) is 0 Å². The molecule has 2 aromatic carbocycles. The second kappa shape index (κ2) is 5.82. The lowest BCUT2D eigenvalue weighted by molar-refractivity contribution is 0.600. The van der Waals surface area contributed by atoms with E-state index in [4.69, 9.17) is 0 Å². The van der Waals surface area contributed by atoms with E-state index in [0.717, 1.165) is 5.52 Å². The minimum absolute atomic E-state index is 0.0430. The van der Waals surface area contributed by atoms with Gasteiger partial charge < -0.3 is 0 Å². The van der Waals surface area contributed by atoms with Crippen LogP contribution in [-0.4, -0.2) is 22.8 Å². The number of nitrogens with zero attached hydrogens (tertiary/aromatic N) is 4. The smallest absolute Gasteiger partial charge is 0.263 e. The molecule has 2 heterocycles. The third-order valence-electron chi connectivity index (χ3n) is 4.04. The van der Waals surface area contributed by atoms with Crippen LogP contribution in [0.1, 0.15) is 11.1 Å². The van der Waals surface area contributed by atoms with Gasteiger partial charge in [-0.3, -0.25) is 9.12 Å². The summed E-state index contributed by atoms with van der Waals surface area (Å²) < 4.78 is 29.5. The van der Waals surface area contributed by atoms with E-state index < -0.39 is 10.0 Å². The van der Waals surface area contributed by atoms with Gasteiger partial charge in [0.05, 0.1) is 15.9 Å². The van der Waals surface area contributed by atoms with Gasteiger partial charge in [0.2, 0.25) is 5.78 Å². The predicted octanol–water partition coefficient (Wildman–Crippen LogP) is 2.86. The van der Waals surface area contributed by atoms with Gasteiger partial charge in [-0.05, 0) is 30.7 Å². The summed E-state index contributed by atoms with van der Waals surface area (Å²) in [6.07, 6.45) is 1.54. The second-order valence-corrected chi connectivity index (χ2v) is 7.41. The lowest BCUT2D eigenvalue weighted by atomic mass is 10.2. The molecule has 0 aliphatic rings. The van der Waals surface area contributed by atoms with Crippen LogP contribution < -0.4 is 4.72 Å². The van der Waals surface area contributed by atoms with Crippen LogP contribution in [0.15, 0.2) is 59.6 Å². The van der Waals surface area contributed by atoms with E-state index in [2.05, 4.69) is 14.7 Å². The summed E-state index contributed by atoms with van der Waals surface area (Å²) in [5.74, 6) is 0.270. The van der Waals surface area contributed by atoms with Crippen molar-refractivity contribution in [3.63, 3.8) is 0 Å². The first-order valence-corrected chi connectivity index (χ1v) is 9.24. The number of hydrogen-bond donors (Lipinski definition) is 1. The third kappa shape index (κ3) is 2.55. The molecular weight excluding hydrogens is 350 g/mol. The van der Waals surface area contributed by atoms with E-state index in [0.29, 0.717) is 16.9 Å². The number of anilines is 1. The maximum Gasteiger partial charge on any atom is 0.263 e. The Hall–Kier alpha value is -3.44. The quantitative estimate of drug-likeness (QED) is 0.603. The van der Waals surface area contributed by atoms with Crippen LogP contribution in [0.25, 0.3) is 16.8 Å². The highest BCUT2D eigenvalue weighted by molar-refractivity contribution is 7.92. The number of nitrogens with one attached hydrogen (secondary N) is 1. The standard InChI is InChI=1S/C18H13N5O2S/c1-12-6-2-5-9-16(12)26(24,25)22-17-13(10-19)11-23-15-8-4-3-7-14(15)20-18(23)21-17/h2-9,11H,1H3,(H,20,21,22). The van der Waals surface area contributed by atoms with E-state index in [1.165, 1.54) is 12.3 Å². The summed E-state index contributed by atoms with van der Waals surface area (Å²) in [4.78, 5) is 8.78. The fourth-order valence-corrected chi connectivity index (χ4v) is 4.06. The fourth-order valence-electron chi connectivity index (χ4n) is 2.79. The highest BCUT2D eigenvalue weighted by Gasteiger charge is 2.20. The molecule has 0 bridgehead atoms. The molecule has 4 rings (SSSR count). The number of aryl methyl sites for hydroxylation is 1. The molecule has 0 saturated carbocycles. The largest absolute Gasteiger partial charge is 0.282 e. The Kier molecular flexibility index (Phi) is 3.60. The molecule has 0 saturated heterocycles. The minimum Gasteiger partial charge on any atom is -0.282 e. The van der Waals surface area contributed by atoms with Crippen molar-refractivity contribution in [2.24, 2.45) is 0 Å². The maximum absolute atomic E-state index is 12.7. The number of imidazole rings is 1. The van der Waals surface area contributed by atoms with Gasteiger partial charge in [0.25, 0.3) is 10.0 Å². The first kappa shape index (κ1) is 16.1. The molecule has 0 fully saturated rings. The molecule has 7 nitrogen and oxygen atoms in total. The zero-order chi connectivity index (χ0) is 18.3. The normalized spacial score (nSPS) is 11.5. The molecule has 2 aromatic heterocycles.